The van der Waals surface area contributed by atoms with Crippen molar-refractivity contribution in [1.82, 2.24) is 25.2 Å². The largest absolute Gasteiger partial charge is 0.301 e. The molecule has 0 bridgehead atoms. The molecule has 9 heteroatoms. The topological polar surface area (TPSA) is 85.6 Å². The molecule has 0 saturated heterocycles. The van der Waals surface area contributed by atoms with Crippen molar-refractivity contribution in [2.45, 2.75) is 25.9 Å². The average Bonchev–Trinajstić information content (AvgIpc) is 3.13. The van der Waals surface area contributed by atoms with Crippen LogP contribution in [0.4, 0.5) is 5.13 Å². The highest BCUT2D eigenvalue weighted by molar-refractivity contribution is 7.99. The van der Waals surface area contributed by atoms with Crippen LogP contribution in [0.5, 0.6) is 0 Å². The van der Waals surface area contributed by atoms with Crippen LogP contribution in [0.25, 0.3) is 5.69 Å². The van der Waals surface area contributed by atoms with Gasteiger partial charge in [-0.15, -0.1) is 16.4 Å². The van der Waals surface area contributed by atoms with E-state index in [-0.39, 0.29) is 11.7 Å². The molecule has 0 saturated carbocycles. The Hall–Kier alpha value is -2.26. The number of tetrazole rings is 1. The first kappa shape index (κ1) is 16.6. The van der Waals surface area contributed by atoms with Crippen LogP contribution < -0.4 is 5.32 Å². The average molecular weight is 360 g/mol. The fourth-order valence-corrected chi connectivity index (χ4v) is 3.45. The van der Waals surface area contributed by atoms with Crippen molar-refractivity contribution in [2.24, 2.45) is 0 Å². The minimum atomic E-state index is -0.132. The first-order valence-electron chi connectivity index (χ1n) is 7.25. The Balaban J connectivity index is 1.64. The lowest BCUT2D eigenvalue weighted by atomic mass is 10.2. The van der Waals surface area contributed by atoms with Crippen molar-refractivity contribution in [3.63, 3.8) is 0 Å². The number of rotatable bonds is 5. The second kappa shape index (κ2) is 7.10. The number of hydrogen-bond acceptors (Lipinski definition) is 7. The molecule has 1 N–H and O–H groups in total. The Morgan fingerprint density at radius 1 is 1.25 bits per heavy atom. The van der Waals surface area contributed by atoms with E-state index < -0.39 is 0 Å². The molecule has 24 heavy (non-hydrogen) atoms. The van der Waals surface area contributed by atoms with Crippen LogP contribution in [0.2, 0.25) is 0 Å². The Morgan fingerprint density at radius 2 is 2.00 bits per heavy atom. The lowest BCUT2D eigenvalue weighted by Crippen LogP contribution is -2.14. The highest BCUT2D eigenvalue weighted by Gasteiger charge is 2.13. The van der Waals surface area contributed by atoms with Gasteiger partial charge >= 0.3 is 0 Å². The molecule has 0 aliphatic rings. The van der Waals surface area contributed by atoms with Gasteiger partial charge in [0, 0.05) is 4.88 Å². The number of anilines is 1. The van der Waals surface area contributed by atoms with Gasteiger partial charge < -0.3 is 5.32 Å². The monoisotopic (exact) mass is 360 g/mol. The van der Waals surface area contributed by atoms with Crippen molar-refractivity contribution in [3.05, 3.63) is 40.4 Å². The van der Waals surface area contributed by atoms with Crippen molar-refractivity contribution >= 4 is 34.1 Å². The third kappa shape index (κ3) is 3.80. The number of carbonyl (C=O) groups is 1. The zero-order chi connectivity index (χ0) is 17.1. The third-order valence-electron chi connectivity index (χ3n) is 3.33. The molecule has 0 aliphatic carbocycles. The van der Waals surface area contributed by atoms with E-state index in [2.05, 4.69) is 25.8 Å². The summed E-state index contributed by atoms with van der Waals surface area (Å²) in [5.74, 6) is 0.0800. The van der Waals surface area contributed by atoms with Gasteiger partial charge in [-0.05, 0) is 43.3 Å². The zero-order valence-electron chi connectivity index (χ0n) is 13.5. The maximum absolute atomic E-state index is 12.1. The lowest BCUT2D eigenvalue weighted by Gasteiger charge is -2.04. The summed E-state index contributed by atoms with van der Waals surface area (Å²) in [4.78, 5) is 17.5. The van der Waals surface area contributed by atoms with Gasteiger partial charge in [0.2, 0.25) is 11.1 Å². The summed E-state index contributed by atoms with van der Waals surface area (Å²) < 4.78 is 1.62. The molecule has 0 spiro atoms. The predicted octanol–water partition coefficient (Wildman–Crippen LogP) is 2.77. The second-order valence-electron chi connectivity index (χ2n) is 5.21. The maximum Gasteiger partial charge on any atom is 0.236 e. The predicted molar refractivity (Wildman–Crippen MR) is 94.8 cm³/mol. The number of thiazole rings is 1. The molecule has 0 fully saturated rings. The molecular weight excluding hydrogens is 344 g/mol. The Bertz CT molecular complexity index is 836. The van der Waals surface area contributed by atoms with E-state index in [4.69, 9.17) is 0 Å². The summed E-state index contributed by atoms with van der Waals surface area (Å²) in [5.41, 5.74) is 2.96. The molecule has 0 aliphatic heterocycles. The van der Waals surface area contributed by atoms with Crippen LogP contribution in [0, 0.1) is 20.8 Å². The van der Waals surface area contributed by atoms with Gasteiger partial charge in [-0.2, -0.15) is 4.68 Å². The first-order valence-corrected chi connectivity index (χ1v) is 9.05. The van der Waals surface area contributed by atoms with Crippen LogP contribution in [-0.4, -0.2) is 36.9 Å². The summed E-state index contributed by atoms with van der Waals surface area (Å²) >= 11 is 2.75. The van der Waals surface area contributed by atoms with E-state index >= 15 is 0 Å². The van der Waals surface area contributed by atoms with Gasteiger partial charge in [0.1, 0.15) is 0 Å². The maximum atomic E-state index is 12.1. The van der Waals surface area contributed by atoms with Crippen molar-refractivity contribution in [3.8, 4) is 5.69 Å². The molecule has 0 atom stereocenters. The molecule has 0 unspecified atom stereocenters. The molecule has 2 aromatic heterocycles. The smallest absolute Gasteiger partial charge is 0.236 e. The van der Waals surface area contributed by atoms with Crippen molar-refractivity contribution < 1.29 is 4.79 Å². The second-order valence-corrected chi connectivity index (χ2v) is 7.35. The summed E-state index contributed by atoms with van der Waals surface area (Å²) in [6.45, 7) is 5.92. The van der Waals surface area contributed by atoms with Gasteiger partial charge in [-0.1, -0.05) is 29.5 Å². The Morgan fingerprint density at radius 3 is 2.67 bits per heavy atom. The summed E-state index contributed by atoms with van der Waals surface area (Å²) in [7, 11) is 0. The first-order chi connectivity index (χ1) is 11.5. The zero-order valence-corrected chi connectivity index (χ0v) is 15.1. The minimum Gasteiger partial charge on any atom is -0.301 e. The van der Waals surface area contributed by atoms with Crippen LogP contribution in [-0.2, 0) is 4.79 Å². The van der Waals surface area contributed by atoms with Crippen LogP contribution in [0.15, 0.2) is 29.4 Å². The fraction of sp³-hybridized carbons (Fsp3) is 0.267. The number of aryl methyl sites for hydroxylation is 3. The summed E-state index contributed by atoms with van der Waals surface area (Å²) in [6.07, 6.45) is 0. The van der Waals surface area contributed by atoms with Gasteiger partial charge in [0.25, 0.3) is 0 Å². The van der Waals surface area contributed by atoms with Crippen LogP contribution in [0.1, 0.15) is 16.1 Å². The van der Waals surface area contributed by atoms with E-state index in [0.29, 0.717) is 10.3 Å². The number of hydrogen-bond donors (Lipinski definition) is 1. The number of aromatic nitrogens is 5. The molecule has 3 aromatic rings. The summed E-state index contributed by atoms with van der Waals surface area (Å²) in [5, 5.41) is 15.7. The number of nitrogens with one attached hydrogen (secondary N) is 1. The van der Waals surface area contributed by atoms with E-state index in [1.54, 1.807) is 4.68 Å². The minimum absolute atomic E-state index is 0.132. The van der Waals surface area contributed by atoms with E-state index in [1.165, 1.54) is 23.1 Å². The Labute approximate surface area is 147 Å². The number of amides is 1. The Kier molecular flexibility index (Phi) is 4.91. The van der Waals surface area contributed by atoms with E-state index in [9.17, 15) is 4.79 Å². The highest BCUT2D eigenvalue weighted by atomic mass is 32.2. The quantitative estimate of drug-likeness (QED) is 0.704. The molecule has 3 rings (SSSR count). The standard InChI is InChI=1S/C15H16N6OS2/c1-9-4-6-12(7-5-9)21-15(18-19-20-21)23-8-13(22)17-14-16-10(2)11(3)24-14/h4-7H,8H2,1-3H3,(H,16,17,22). The molecule has 0 radical (unpaired) electrons. The normalized spacial score (nSPS) is 10.8. The van der Waals surface area contributed by atoms with Gasteiger partial charge in [0.15, 0.2) is 5.13 Å². The molecule has 1 amide bonds. The molecule has 124 valence electrons. The molecular formula is C15H16N6OS2. The number of thioether (sulfide) groups is 1. The highest BCUT2D eigenvalue weighted by Crippen LogP contribution is 2.22. The third-order valence-corrected chi connectivity index (χ3v) is 5.23. The van der Waals surface area contributed by atoms with E-state index in [1.807, 2.05) is 45.0 Å². The molecule has 2 heterocycles. The van der Waals surface area contributed by atoms with Gasteiger partial charge in [-0.25, -0.2) is 4.98 Å². The van der Waals surface area contributed by atoms with E-state index in [0.717, 1.165) is 21.8 Å². The fourth-order valence-electron chi connectivity index (χ4n) is 1.93. The van der Waals surface area contributed by atoms with Crippen molar-refractivity contribution in [1.29, 1.82) is 0 Å². The summed E-state index contributed by atoms with van der Waals surface area (Å²) in [6, 6.07) is 7.87. The van der Waals surface area contributed by atoms with Gasteiger partial charge in [-0.3, -0.25) is 4.79 Å². The number of nitrogens with zero attached hydrogens (tertiary/aromatic N) is 5. The molecule has 1 aromatic carbocycles. The van der Waals surface area contributed by atoms with Crippen LogP contribution >= 0.6 is 23.1 Å². The number of carbonyl (C=O) groups excluding carboxylic acids is 1. The SMILES string of the molecule is Cc1ccc(-n2nnnc2SCC(=O)Nc2nc(C)c(C)s2)cc1. The lowest BCUT2D eigenvalue weighted by molar-refractivity contribution is -0.113. The van der Waals surface area contributed by atoms with Crippen molar-refractivity contribution in [2.75, 3.05) is 11.1 Å². The van der Waals surface area contributed by atoms with Gasteiger partial charge in [0.05, 0.1) is 17.1 Å². The van der Waals surface area contributed by atoms with Crippen LogP contribution in [0.3, 0.4) is 0 Å². The molecule has 7 nitrogen and oxygen atoms in total. The number of benzene rings is 1.